The summed E-state index contributed by atoms with van der Waals surface area (Å²) in [4.78, 5) is 15.3. The molecule has 4 nitrogen and oxygen atoms in total. The van der Waals surface area contributed by atoms with Crippen LogP contribution >= 0.6 is 0 Å². The Morgan fingerprint density at radius 2 is 1.85 bits per heavy atom. The number of piperidine rings is 1. The highest BCUT2D eigenvalue weighted by Crippen LogP contribution is 2.39. The summed E-state index contributed by atoms with van der Waals surface area (Å²) in [5.41, 5.74) is 0.727. The number of fused-ring (bicyclic) bond motifs is 1. The molecule has 0 amide bonds. The van der Waals surface area contributed by atoms with Crippen molar-refractivity contribution >= 4 is 14.1 Å². The Balaban J connectivity index is 1.73. The normalized spacial score (nSPS) is 27.8. The van der Waals surface area contributed by atoms with Crippen LogP contribution in [-0.2, 0) is 9.16 Å². The first-order valence-corrected chi connectivity index (χ1v) is 12.7. The van der Waals surface area contributed by atoms with Gasteiger partial charge in [0.05, 0.1) is 12.7 Å². The van der Waals surface area contributed by atoms with Crippen molar-refractivity contribution in [2.45, 2.75) is 76.5 Å². The molecule has 144 valence electrons. The fourth-order valence-electron chi connectivity index (χ4n) is 3.69. The average molecular weight is 376 g/mol. The molecule has 0 bridgehead atoms. The lowest BCUT2D eigenvalue weighted by molar-refractivity contribution is -0.126. The molecule has 2 saturated heterocycles. The number of ketones is 1. The molecule has 2 heterocycles. The molecular weight excluding hydrogens is 342 g/mol. The number of carbonyl (C=O) groups is 1. The van der Waals surface area contributed by atoms with Gasteiger partial charge in [-0.25, -0.2) is 0 Å². The van der Waals surface area contributed by atoms with Gasteiger partial charge in [0.1, 0.15) is 0 Å². The van der Waals surface area contributed by atoms with Gasteiger partial charge in [-0.05, 0) is 37.4 Å². The Morgan fingerprint density at radius 3 is 2.50 bits per heavy atom. The van der Waals surface area contributed by atoms with E-state index in [1.807, 2.05) is 30.3 Å². The standard InChI is InChI=1S/C21H33NO3Si/c1-21(2,3)26(4,5)25-18-12-11-17-13-14-24-20(22(17)15-18)19(23)16-9-7-6-8-10-16/h6-10,17-18,20H,11-15H2,1-5H3/t17-,18+,20-/m1/s1. The van der Waals surface area contributed by atoms with Crippen LogP contribution < -0.4 is 0 Å². The third-order valence-electron chi connectivity index (χ3n) is 6.28. The quantitative estimate of drug-likeness (QED) is 0.575. The maximum atomic E-state index is 13.0. The molecular formula is C21H33NO3Si. The highest BCUT2D eigenvalue weighted by Gasteiger charge is 2.44. The first-order chi connectivity index (χ1) is 12.2. The largest absolute Gasteiger partial charge is 0.413 e. The van der Waals surface area contributed by atoms with Crippen molar-refractivity contribution < 1.29 is 14.0 Å². The molecule has 0 unspecified atom stereocenters. The zero-order valence-electron chi connectivity index (χ0n) is 16.8. The third kappa shape index (κ3) is 4.11. The van der Waals surface area contributed by atoms with Gasteiger partial charge in [0, 0.05) is 18.2 Å². The SMILES string of the molecule is CC(C)(C)[Si](C)(C)O[C@H]1CC[C@@H]2CCO[C@H](C(=O)c3ccccc3)N2C1. The fraction of sp³-hybridized carbons (Fsp3) is 0.667. The Morgan fingerprint density at radius 1 is 1.15 bits per heavy atom. The lowest BCUT2D eigenvalue weighted by Crippen LogP contribution is -2.59. The van der Waals surface area contributed by atoms with E-state index in [9.17, 15) is 4.79 Å². The predicted molar refractivity (Wildman–Crippen MR) is 107 cm³/mol. The highest BCUT2D eigenvalue weighted by atomic mass is 28.4. The van der Waals surface area contributed by atoms with E-state index in [1.165, 1.54) is 0 Å². The molecule has 0 aliphatic carbocycles. The minimum atomic E-state index is -1.81. The summed E-state index contributed by atoms with van der Waals surface area (Å²) < 4.78 is 12.6. The van der Waals surface area contributed by atoms with Crippen LogP contribution in [-0.4, -0.2) is 50.5 Å². The maximum absolute atomic E-state index is 13.0. The Bertz CT molecular complexity index is 626. The summed E-state index contributed by atoms with van der Waals surface area (Å²) in [5.74, 6) is 0.0725. The predicted octanol–water partition coefficient (Wildman–Crippen LogP) is 4.47. The van der Waals surface area contributed by atoms with Crippen LogP contribution in [0.1, 0.15) is 50.4 Å². The summed E-state index contributed by atoms with van der Waals surface area (Å²) in [7, 11) is -1.81. The van der Waals surface area contributed by atoms with Crippen LogP contribution in [0.3, 0.4) is 0 Å². The Labute approximate surface area is 159 Å². The topological polar surface area (TPSA) is 38.8 Å². The van der Waals surface area contributed by atoms with Crippen LogP contribution in [0.2, 0.25) is 18.1 Å². The highest BCUT2D eigenvalue weighted by molar-refractivity contribution is 6.74. The first kappa shape index (κ1) is 19.7. The average Bonchev–Trinajstić information content (AvgIpc) is 2.60. The van der Waals surface area contributed by atoms with Crippen LogP contribution in [0.25, 0.3) is 0 Å². The molecule has 1 aromatic carbocycles. The summed E-state index contributed by atoms with van der Waals surface area (Å²) >= 11 is 0. The van der Waals surface area contributed by atoms with Gasteiger partial charge in [0.25, 0.3) is 0 Å². The number of nitrogens with zero attached hydrogens (tertiary/aromatic N) is 1. The van der Waals surface area contributed by atoms with Gasteiger partial charge < -0.3 is 9.16 Å². The van der Waals surface area contributed by atoms with Crippen molar-refractivity contribution in [1.29, 1.82) is 0 Å². The molecule has 2 aliphatic heterocycles. The monoisotopic (exact) mass is 375 g/mol. The van der Waals surface area contributed by atoms with Crippen molar-refractivity contribution in [1.82, 2.24) is 4.90 Å². The zero-order chi connectivity index (χ0) is 18.9. The van der Waals surface area contributed by atoms with Crippen molar-refractivity contribution in [2.24, 2.45) is 0 Å². The lowest BCUT2D eigenvalue weighted by Gasteiger charge is -2.48. The van der Waals surface area contributed by atoms with E-state index in [4.69, 9.17) is 9.16 Å². The lowest BCUT2D eigenvalue weighted by atomic mass is 9.94. The van der Waals surface area contributed by atoms with E-state index in [1.54, 1.807) is 0 Å². The molecule has 1 aromatic rings. The van der Waals surface area contributed by atoms with Crippen molar-refractivity contribution in [3.05, 3.63) is 35.9 Å². The molecule has 26 heavy (non-hydrogen) atoms. The number of ether oxygens (including phenoxy) is 1. The molecule has 2 fully saturated rings. The number of benzene rings is 1. The second-order valence-corrected chi connectivity index (χ2v) is 13.9. The number of hydrogen-bond donors (Lipinski definition) is 0. The van der Waals surface area contributed by atoms with Crippen molar-refractivity contribution in [2.75, 3.05) is 13.2 Å². The molecule has 0 spiro atoms. The second kappa shape index (κ2) is 7.54. The van der Waals surface area contributed by atoms with E-state index in [0.717, 1.165) is 31.4 Å². The van der Waals surface area contributed by atoms with Gasteiger partial charge in [-0.1, -0.05) is 51.1 Å². The van der Waals surface area contributed by atoms with Crippen LogP contribution in [0.4, 0.5) is 0 Å². The van der Waals surface area contributed by atoms with E-state index in [2.05, 4.69) is 38.8 Å². The zero-order valence-corrected chi connectivity index (χ0v) is 17.8. The van der Waals surface area contributed by atoms with Crippen LogP contribution in [0.5, 0.6) is 0 Å². The van der Waals surface area contributed by atoms with Crippen molar-refractivity contribution in [3.8, 4) is 0 Å². The second-order valence-electron chi connectivity index (χ2n) is 9.17. The number of hydrogen-bond acceptors (Lipinski definition) is 4. The van der Waals surface area contributed by atoms with E-state index in [-0.39, 0.29) is 16.9 Å². The Kier molecular flexibility index (Phi) is 5.73. The molecule has 0 saturated carbocycles. The number of rotatable bonds is 4. The Hall–Kier alpha value is -1.01. The van der Waals surface area contributed by atoms with E-state index in [0.29, 0.717) is 12.6 Å². The molecule has 0 radical (unpaired) electrons. The summed E-state index contributed by atoms with van der Waals surface area (Å²) in [6.45, 7) is 12.9. The minimum absolute atomic E-state index is 0.0725. The summed E-state index contributed by atoms with van der Waals surface area (Å²) in [5, 5.41) is 0.196. The smallest absolute Gasteiger partial charge is 0.206 e. The van der Waals surface area contributed by atoms with Gasteiger partial charge in [-0.2, -0.15) is 0 Å². The molecule has 0 N–H and O–H groups in total. The van der Waals surface area contributed by atoms with Crippen molar-refractivity contribution in [3.63, 3.8) is 0 Å². The summed E-state index contributed by atoms with van der Waals surface area (Å²) in [6, 6.07) is 9.94. The minimum Gasteiger partial charge on any atom is -0.413 e. The van der Waals surface area contributed by atoms with Crippen LogP contribution in [0.15, 0.2) is 30.3 Å². The molecule has 2 aliphatic rings. The van der Waals surface area contributed by atoms with Gasteiger partial charge in [-0.3, -0.25) is 9.69 Å². The first-order valence-electron chi connectivity index (χ1n) is 9.83. The van der Waals surface area contributed by atoms with Crippen LogP contribution in [0, 0.1) is 0 Å². The molecule has 0 aromatic heterocycles. The molecule has 3 rings (SSSR count). The van der Waals surface area contributed by atoms with Gasteiger partial charge >= 0.3 is 0 Å². The fourth-order valence-corrected chi connectivity index (χ4v) is 5.07. The summed E-state index contributed by atoms with van der Waals surface area (Å²) in [6.07, 6.45) is 2.90. The van der Waals surface area contributed by atoms with Gasteiger partial charge in [0.15, 0.2) is 14.5 Å². The van der Waals surface area contributed by atoms with E-state index < -0.39 is 14.5 Å². The van der Waals surface area contributed by atoms with Gasteiger partial charge in [0.2, 0.25) is 5.78 Å². The van der Waals surface area contributed by atoms with E-state index >= 15 is 0 Å². The number of Topliss-reactive ketones (excluding diaryl/α,β-unsaturated/α-hetero) is 1. The molecule has 5 heteroatoms. The van der Waals surface area contributed by atoms with Gasteiger partial charge in [-0.15, -0.1) is 0 Å². The molecule has 3 atom stereocenters. The number of carbonyl (C=O) groups excluding carboxylic acids is 1. The third-order valence-corrected chi connectivity index (χ3v) is 10.8. The maximum Gasteiger partial charge on any atom is 0.206 e.